The number of benzene rings is 4. The molecule has 4 nitrogen and oxygen atoms in total. The normalized spacial score (nSPS) is 11.7. The molecule has 0 spiro atoms. The third-order valence-corrected chi connectivity index (χ3v) is 7.38. The molecule has 4 aromatic carbocycles. The van der Waals surface area contributed by atoms with E-state index in [1.807, 2.05) is 72.8 Å². The largest absolute Gasteiger partial charge is 0.354 e. The summed E-state index contributed by atoms with van der Waals surface area (Å²) in [6.07, 6.45) is 3.32. The molecule has 1 atom stereocenters. The van der Waals surface area contributed by atoms with Crippen LogP contribution in [-0.4, -0.2) is 29.3 Å². The average Bonchev–Trinajstić information content (AvgIpc) is 2.95. The van der Waals surface area contributed by atoms with Gasteiger partial charge in [0.1, 0.15) is 6.04 Å². The highest BCUT2D eigenvalue weighted by Crippen LogP contribution is 2.22. The summed E-state index contributed by atoms with van der Waals surface area (Å²) in [5.74, 6) is -0.120. The second-order valence-electron chi connectivity index (χ2n) is 9.64. The Labute approximate surface area is 234 Å². The number of aryl methyl sites for hydroxylation is 1. The molecular formula is C33H35BrN2O2. The smallest absolute Gasteiger partial charge is 0.243 e. The molecule has 4 rings (SSSR count). The molecule has 0 fully saturated rings. The fraction of sp³-hybridized carbons (Fsp3) is 0.273. The zero-order chi connectivity index (χ0) is 26.7. The number of amides is 2. The Morgan fingerprint density at radius 1 is 0.842 bits per heavy atom. The number of hydrogen-bond donors (Lipinski definition) is 1. The minimum atomic E-state index is -0.599. The molecule has 196 valence electrons. The molecule has 0 saturated carbocycles. The van der Waals surface area contributed by atoms with E-state index in [1.54, 1.807) is 4.90 Å². The topological polar surface area (TPSA) is 49.4 Å². The minimum absolute atomic E-state index is 0.0209. The van der Waals surface area contributed by atoms with Crippen molar-refractivity contribution in [1.82, 2.24) is 10.2 Å². The molecule has 0 aliphatic rings. The van der Waals surface area contributed by atoms with Crippen LogP contribution in [0.3, 0.4) is 0 Å². The average molecular weight is 572 g/mol. The van der Waals surface area contributed by atoms with Crippen molar-refractivity contribution in [2.45, 2.75) is 51.6 Å². The number of halogens is 1. The van der Waals surface area contributed by atoms with Gasteiger partial charge in [-0.3, -0.25) is 9.59 Å². The molecule has 0 unspecified atom stereocenters. The van der Waals surface area contributed by atoms with Gasteiger partial charge in [-0.15, -0.1) is 0 Å². The Hall–Kier alpha value is -3.44. The maximum Gasteiger partial charge on any atom is 0.243 e. The van der Waals surface area contributed by atoms with Gasteiger partial charge in [0.15, 0.2) is 0 Å². The van der Waals surface area contributed by atoms with Gasteiger partial charge in [-0.2, -0.15) is 0 Å². The summed E-state index contributed by atoms with van der Waals surface area (Å²) in [7, 11) is 0. The van der Waals surface area contributed by atoms with E-state index >= 15 is 0 Å². The first-order valence-electron chi connectivity index (χ1n) is 13.4. The van der Waals surface area contributed by atoms with Crippen molar-refractivity contribution >= 4 is 38.5 Å². The van der Waals surface area contributed by atoms with Crippen LogP contribution in [0.4, 0.5) is 0 Å². The second-order valence-corrected chi connectivity index (χ2v) is 10.6. The zero-order valence-corrected chi connectivity index (χ0v) is 23.5. The van der Waals surface area contributed by atoms with Crippen molar-refractivity contribution in [2.24, 2.45) is 0 Å². The summed E-state index contributed by atoms with van der Waals surface area (Å²) in [4.78, 5) is 29.3. The van der Waals surface area contributed by atoms with Gasteiger partial charge in [-0.05, 0) is 52.4 Å². The van der Waals surface area contributed by atoms with Crippen molar-refractivity contribution < 1.29 is 9.59 Å². The lowest BCUT2D eigenvalue weighted by molar-refractivity contribution is -0.141. The SMILES string of the molecule is CCCCNC(=O)[C@H](Cc1ccccc1)N(Cc1ccc(Br)cc1)C(=O)CCc1cccc2ccccc12. The Balaban J connectivity index is 1.62. The fourth-order valence-corrected chi connectivity index (χ4v) is 5.01. The number of unbranched alkanes of at least 4 members (excludes halogenated alkanes) is 1. The van der Waals surface area contributed by atoms with E-state index in [2.05, 4.69) is 52.4 Å². The molecule has 0 radical (unpaired) electrons. The number of rotatable bonds is 12. The van der Waals surface area contributed by atoms with Gasteiger partial charge in [-0.1, -0.05) is 114 Å². The van der Waals surface area contributed by atoms with Crippen molar-refractivity contribution in [3.05, 3.63) is 118 Å². The van der Waals surface area contributed by atoms with Gasteiger partial charge in [0.25, 0.3) is 0 Å². The van der Waals surface area contributed by atoms with E-state index in [1.165, 1.54) is 10.8 Å². The molecule has 5 heteroatoms. The lowest BCUT2D eigenvalue weighted by atomic mass is 9.99. The van der Waals surface area contributed by atoms with Crippen LogP contribution < -0.4 is 5.32 Å². The molecule has 38 heavy (non-hydrogen) atoms. The van der Waals surface area contributed by atoms with Crippen LogP contribution in [-0.2, 0) is 29.0 Å². The van der Waals surface area contributed by atoms with Gasteiger partial charge in [0.2, 0.25) is 11.8 Å². The molecule has 1 N–H and O–H groups in total. The third-order valence-electron chi connectivity index (χ3n) is 6.85. The minimum Gasteiger partial charge on any atom is -0.354 e. The number of hydrogen-bond acceptors (Lipinski definition) is 2. The Kier molecular flexibility index (Phi) is 10.1. The summed E-state index contributed by atoms with van der Waals surface area (Å²) in [5.41, 5.74) is 3.17. The highest BCUT2D eigenvalue weighted by Gasteiger charge is 2.30. The van der Waals surface area contributed by atoms with Gasteiger partial charge < -0.3 is 10.2 Å². The quantitative estimate of drug-likeness (QED) is 0.185. The summed E-state index contributed by atoms with van der Waals surface area (Å²) < 4.78 is 0.980. The first-order valence-corrected chi connectivity index (χ1v) is 14.2. The van der Waals surface area contributed by atoms with E-state index in [4.69, 9.17) is 0 Å². The highest BCUT2D eigenvalue weighted by molar-refractivity contribution is 9.10. The third kappa shape index (κ3) is 7.55. The molecule has 0 heterocycles. The fourth-order valence-electron chi connectivity index (χ4n) is 4.74. The first-order chi connectivity index (χ1) is 18.5. The molecule has 2 amide bonds. The number of nitrogens with zero attached hydrogens (tertiary/aromatic N) is 1. The summed E-state index contributed by atoms with van der Waals surface area (Å²) in [6, 6.07) is 31.8. The summed E-state index contributed by atoms with van der Waals surface area (Å²) >= 11 is 3.50. The molecular weight excluding hydrogens is 536 g/mol. The van der Waals surface area contributed by atoms with Crippen LogP contribution in [0.1, 0.15) is 42.9 Å². The van der Waals surface area contributed by atoms with Gasteiger partial charge >= 0.3 is 0 Å². The van der Waals surface area contributed by atoms with Gasteiger partial charge in [0.05, 0.1) is 0 Å². The predicted molar refractivity (Wildman–Crippen MR) is 159 cm³/mol. The number of carbonyl (C=O) groups is 2. The van der Waals surface area contributed by atoms with Crippen LogP contribution >= 0.6 is 15.9 Å². The van der Waals surface area contributed by atoms with Crippen LogP contribution in [0, 0.1) is 0 Å². The Morgan fingerprint density at radius 2 is 1.55 bits per heavy atom. The van der Waals surface area contributed by atoms with E-state index in [0.717, 1.165) is 34.0 Å². The highest BCUT2D eigenvalue weighted by atomic mass is 79.9. The number of carbonyl (C=O) groups excluding carboxylic acids is 2. The monoisotopic (exact) mass is 570 g/mol. The lowest BCUT2D eigenvalue weighted by Crippen LogP contribution is -2.50. The van der Waals surface area contributed by atoms with Crippen molar-refractivity contribution in [2.75, 3.05) is 6.54 Å². The second kappa shape index (κ2) is 13.9. The summed E-state index contributed by atoms with van der Waals surface area (Å²) in [5, 5.41) is 5.43. The van der Waals surface area contributed by atoms with Crippen molar-refractivity contribution in [3.8, 4) is 0 Å². The zero-order valence-electron chi connectivity index (χ0n) is 21.9. The van der Waals surface area contributed by atoms with Gasteiger partial charge in [-0.25, -0.2) is 0 Å². The van der Waals surface area contributed by atoms with Crippen molar-refractivity contribution in [3.63, 3.8) is 0 Å². The first kappa shape index (κ1) is 27.6. The van der Waals surface area contributed by atoms with Crippen LogP contribution in [0.15, 0.2) is 102 Å². The molecule has 4 aromatic rings. The van der Waals surface area contributed by atoms with Crippen LogP contribution in [0.5, 0.6) is 0 Å². The van der Waals surface area contributed by atoms with E-state index in [9.17, 15) is 9.59 Å². The van der Waals surface area contributed by atoms with E-state index in [0.29, 0.717) is 32.4 Å². The lowest BCUT2D eigenvalue weighted by Gasteiger charge is -2.32. The molecule has 0 bridgehead atoms. The predicted octanol–water partition coefficient (Wildman–Crippen LogP) is 7.09. The molecule has 0 saturated heterocycles. The van der Waals surface area contributed by atoms with Crippen molar-refractivity contribution in [1.29, 1.82) is 0 Å². The summed E-state index contributed by atoms with van der Waals surface area (Å²) in [6.45, 7) is 3.08. The van der Waals surface area contributed by atoms with Gasteiger partial charge in [0, 0.05) is 30.4 Å². The van der Waals surface area contributed by atoms with E-state index < -0.39 is 6.04 Å². The molecule has 0 aliphatic carbocycles. The molecule has 0 aliphatic heterocycles. The number of fused-ring (bicyclic) bond motifs is 1. The standard InChI is InChI=1S/C33H35BrN2O2/c1-2-3-22-35-33(38)31(23-25-10-5-4-6-11-25)36(24-26-16-19-29(34)20-17-26)32(37)21-18-28-14-9-13-27-12-7-8-15-30(27)28/h4-17,19-20,31H,2-3,18,21-24H2,1H3,(H,35,38)/t31-/m0/s1. The Bertz CT molecular complexity index is 1330. The number of nitrogens with one attached hydrogen (secondary N) is 1. The maximum absolute atomic E-state index is 13.9. The molecule has 0 aromatic heterocycles. The van der Waals surface area contributed by atoms with E-state index in [-0.39, 0.29) is 11.8 Å². The maximum atomic E-state index is 13.9. The Morgan fingerprint density at radius 3 is 2.32 bits per heavy atom. The van der Waals surface area contributed by atoms with Crippen LogP contribution in [0.25, 0.3) is 10.8 Å². The van der Waals surface area contributed by atoms with Crippen LogP contribution in [0.2, 0.25) is 0 Å².